The van der Waals surface area contributed by atoms with Gasteiger partial charge in [0.15, 0.2) is 5.88 Å². The molecule has 0 aliphatic heterocycles. The summed E-state index contributed by atoms with van der Waals surface area (Å²) < 4.78 is 2.28. The smallest absolute Gasteiger partial charge is 0.265 e. The first-order valence-electron chi connectivity index (χ1n) is 9.19. The molecule has 0 aliphatic carbocycles. The van der Waals surface area contributed by atoms with Crippen LogP contribution in [0.1, 0.15) is 20.8 Å². The number of thiophene rings is 1. The Labute approximate surface area is 182 Å². The molecule has 0 atom stereocenters. The van der Waals surface area contributed by atoms with Crippen molar-refractivity contribution >= 4 is 51.1 Å². The van der Waals surface area contributed by atoms with Gasteiger partial charge in [0.2, 0.25) is 0 Å². The molecular weight excluding hydrogens is 420 g/mol. The van der Waals surface area contributed by atoms with Gasteiger partial charge in [-0.15, -0.1) is 11.3 Å². The number of amidine groups is 1. The molecule has 2 aromatic carbocycles. The first-order chi connectivity index (χ1) is 14.4. The van der Waals surface area contributed by atoms with Gasteiger partial charge in [0.05, 0.1) is 27.3 Å². The Morgan fingerprint density at radius 3 is 2.63 bits per heavy atom. The molecule has 8 heteroatoms. The van der Waals surface area contributed by atoms with Crippen molar-refractivity contribution in [2.24, 2.45) is 5.73 Å². The lowest BCUT2D eigenvalue weighted by molar-refractivity contribution is 0.103. The normalized spacial score (nSPS) is 11.0. The zero-order chi connectivity index (χ0) is 21.3. The molecule has 0 aliphatic rings. The molecule has 0 fully saturated rings. The van der Waals surface area contributed by atoms with E-state index in [1.54, 1.807) is 28.8 Å². The van der Waals surface area contributed by atoms with Crippen LogP contribution in [0.25, 0.3) is 10.8 Å². The van der Waals surface area contributed by atoms with Crippen molar-refractivity contribution in [3.05, 3.63) is 81.1 Å². The average Bonchev–Trinajstić information content (AvgIpc) is 3.27. The number of nitrogens with zero attached hydrogens (tertiary/aromatic N) is 1. The van der Waals surface area contributed by atoms with Gasteiger partial charge < -0.3 is 20.7 Å². The van der Waals surface area contributed by atoms with E-state index in [1.807, 2.05) is 36.5 Å². The molecule has 0 bridgehead atoms. The highest BCUT2D eigenvalue weighted by atomic mass is 35.5. The molecule has 152 valence electrons. The number of carbonyl (C=O) groups excluding carboxylic acids is 1. The van der Waals surface area contributed by atoms with Crippen LogP contribution in [-0.2, 0) is 13.0 Å². The molecule has 0 radical (unpaired) electrons. The van der Waals surface area contributed by atoms with E-state index in [-0.39, 0.29) is 17.6 Å². The zero-order valence-electron chi connectivity index (χ0n) is 15.9. The Hall–Kier alpha value is -3.29. The summed E-state index contributed by atoms with van der Waals surface area (Å²) >= 11 is 7.14. The largest absolute Gasteiger partial charge is 0.494 e. The first kappa shape index (κ1) is 20.0. The van der Waals surface area contributed by atoms with Crippen LogP contribution in [0.5, 0.6) is 5.88 Å². The van der Waals surface area contributed by atoms with Gasteiger partial charge in [-0.25, -0.2) is 0 Å². The van der Waals surface area contributed by atoms with Crippen molar-refractivity contribution < 1.29 is 9.90 Å². The van der Waals surface area contributed by atoms with Crippen LogP contribution in [0, 0.1) is 5.41 Å². The summed E-state index contributed by atoms with van der Waals surface area (Å²) in [6.07, 6.45) is 2.20. The van der Waals surface area contributed by atoms with Gasteiger partial charge in [-0.3, -0.25) is 10.2 Å². The summed E-state index contributed by atoms with van der Waals surface area (Å²) in [5.74, 6) is -0.0186. The quantitative estimate of drug-likeness (QED) is 0.255. The van der Waals surface area contributed by atoms with E-state index in [0.717, 1.165) is 16.5 Å². The van der Waals surface area contributed by atoms with Crippen LogP contribution in [0.15, 0.2) is 60.8 Å². The van der Waals surface area contributed by atoms with Crippen LogP contribution in [-0.4, -0.2) is 21.4 Å². The number of carbonyl (C=O) groups is 1. The summed E-state index contributed by atoms with van der Waals surface area (Å²) in [6.45, 7) is 0.445. The highest BCUT2D eigenvalue weighted by Crippen LogP contribution is 2.33. The van der Waals surface area contributed by atoms with Gasteiger partial charge in [-0.05, 0) is 35.4 Å². The van der Waals surface area contributed by atoms with E-state index >= 15 is 0 Å². The van der Waals surface area contributed by atoms with Gasteiger partial charge in [-0.2, -0.15) is 0 Å². The minimum Gasteiger partial charge on any atom is -0.494 e. The second-order valence-electron chi connectivity index (χ2n) is 6.93. The number of amides is 1. The molecule has 0 unspecified atom stereocenters. The number of fused-ring (bicyclic) bond motifs is 1. The fraction of sp³-hybridized carbons (Fsp3) is 0.0909. The van der Waals surface area contributed by atoms with Crippen molar-refractivity contribution in [1.82, 2.24) is 4.57 Å². The molecule has 30 heavy (non-hydrogen) atoms. The molecule has 0 spiro atoms. The van der Waals surface area contributed by atoms with Gasteiger partial charge in [0.1, 0.15) is 0 Å². The number of rotatable bonds is 6. The highest BCUT2D eigenvalue weighted by molar-refractivity contribution is 7.18. The number of anilines is 1. The van der Waals surface area contributed by atoms with Crippen LogP contribution in [0.4, 0.5) is 5.69 Å². The number of hydrogen-bond acceptors (Lipinski definition) is 4. The SMILES string of the molecule is N=C(N)Cc1cccc(Cn2cc3c(NC(=O)c4ccc(Cl)s4)cccc3c2O)c1. The topological polar surface area (TPSA) is 104 Å². The molecule has 6 nitrogen and oxygen atoms in total. The summed E-state index contributed by atoms with van der Waals surface area (Å²) in [4.78, 5) is 13.0. The van der Waals surface area contributed by atoms with Crippen molar-refractivity contribution in [3.63, 3.8) is 0 Å². The lowest BCUT2D eigenvalue weighted by Crippen LogP contribution is -2.12. The van der Waals surface area contributed by atoms with Crippen LogP contribution < -0.4 is 11.1 Å². The Balaban J connectivity index is 1.63. The number of nitrogens with one attached hydrogen (secondary N) is 2. The fourth-order valence-electron chi connectivity index (χ4n) is 3.38. The van der Waals surface area contributed by atoms with E-state index in [9.17, 15) is 9.90 Å². The zero-order valence-corrected chi connectivity index (χ0v) is 17.4. The van der Waals surface area contributed by atoms with Gasteiger partial charge in [0.25, 0.3) is 5.91 Å². The molecule has 1 amide bonds. The Bertz CT molecular complexity index is 1260. The van der Waals surface area contributed by atoms with Crippen LogP contribution in [0.2, 0.25) is 4.34 Å². The van der Waals surface area contributed by atoms with E-state index in [4.69, 9.17) is 22.7 Å². The number of aromatic nitrogens is 1. The number of aromatic hydroxyl groups is 1. The standard InChI is InChI=1S/C22H19ClN4O2S/c23-19-8-7-18(30-19)21(28)26-17-6-2-5-15-16(17)12-27(22(15)29)11-14-4-1-3-13(9-14)10-20(24)25/h1-9,12,29H,10-11H2,(H3,24,25)(H,26,28). The molecule has 2 aromatic heterocycles. The Morgan fingerprint density at radius 2 is 1.90 bits per heavy atom. The van der Waals surface area contributed by atoms with Crippen molar-refractivity contribution in [1.29, 1.82) is 5.41 Å². The molecule has 0 saturated carbocycles. The van der Waals surface area contributed by atoms with Gasteiger partial charge in [-0.1, -0.05) is 41.9 Å². The third kappa shape index (κ3) is 4.17. The first-order valence-corrected chi connectivity index (χ1v) is 10.4. The number of nitrogens with two attached hydrogens (primary N) is 1. The number of halogens is 1. The van der Waals surface area contributed by atoms with Gasteiger partial charge >= 0.3 is 0 Å². The Morgan fingerprint density at radius 1 is 1.13 bits per heavy atom. The van der Waals surface area contributed by atoms with E-state index in [0.29, 0.717) is 33.3 Å². The summed E-state index contributed by atoms with van der Waals surface area (Å²) in [5.41, 5.74) is 8.03. The molecular formula is C22H19ClN4O2S. The summed E-state index contributed by atoms with van der Waals surface area (Å²) in [5, 5.41) is 22.5. The number of hydrogen-bond donors (Lipinski definition) is 4. The summed E-state index contributed by atoms with van der Waals surface area (Å²) in [6, 6.07) is 16.5. The van der Waals surface area contributed by atoms with E-state index in [1.165, 1.54) is 11.3 Å². The summed E-state index contributed by atoms with van der Waals surface area (Å²) in [7, 11) is 0. The maximum absolute atomic E-state index is 12.5. The lowest BCUT2D eigenvalue weighted by atomic mass is 10.1. The minimum absolute atomic E-state index is 0.106. The van der Waals surface area contributed by atoms with Crippen LogP contribution >= 0.6 is 22.9 Å². The average molecular weight is 439 g/mol. The van der Waals surface area contributed by atoms with Crippen molar-refractivity contribution in [2.75, 3.05) is 5.32 Å². The van der Waals surface area contributed by atoms with Crippen LogP contribution in [0.3, 0.4) is 0 Å². The lowest BCUT2D eigenvalue weighted by Gasteiger charge is -2.07. The second kappa shape index (κ2) is 8.22. The third-order valence-electron chi connectivity index (χ3n) is 4.69. The molecule has 0 saturated heterocycles. The second-order valence-corrected chi connectivity index (χ2v) is 8.64. The monoisotopic (exact) mass is 438 g/mol. The molecule has 4 rings (SSSR count). The number of benzene rings is 2. The van der Waals surface area contributed by atoms with Gasteiger partial charge in [0, 0.05) is 23.4 Å². The molecule has 4 aromatic rings. The minimum atomic E-state index is -0.247. The molecule has 5 N–H and O–H groups in total. The Kier molecular flexibility index (Phi) is 5.48. The van der Waals surface area contributed by atoms with E-state index < -0.39 is 0 Å². The van der Waals surface area contributed by atoms with Crippen molar-refractivity contribution in [2.45, 2.75) is 13.0 Å². The third-order valence-corrected chi connectivity index (χ3v) is 5.92. The predicted molar refractivity (Wildman–Crippen MR) is 122 cm³/mol. The fourth-order valence-corrected chi connectivity index (χ4v) is 4.31. The highest BCUT2D eigenvalue weighted by Gasteiger charge is 2.15. The van der Waals surface area contributed by atoms with Crippen molar-refractivity contribution in [3.8, 4) is 5.88 Å². The predicted octanol–water partition coefficient (Wildman–Crippen LogP) is 4.84. The maximum Gasteiger partial charge on any atom is 0.265 e. The maximum atomic E-state index is 12.5. The van der Waals surface area contributed by atoms with E-state index in [2.05, 4.69) is 5.32 Å². The molecule has 2 heterocycles.